The van der Waals surface area contributed by atoms with Crippen LogP contribution >= 0.6 is 35.0 Å². The lowest BCUT2D eigenvalue weighted by molar-refractivity contribution is 0.102. The van der Waals surface area contributed by atoms with Crippen molar-refractivity contribution in [1.82, 2.24) is 14.8 Å². The summed E-state index contributed by atoms with van der Waals surface area (Å²) in [6.07, 6.45) is 1.76. The fourth-order valence-electron chi connectivity index (χ4n) is 2.59. The summed E-state index contributed by atoms with van der Waals surface area (Å²) >= 11 is 13.3. The van der Waals surface area contributed by atoms with Crippen LogP contribution in [0.4, 0.5) is 0 Å². The first-order chi connectivity index (χ1) is 13.5. The van der Waals surface area contributed by atoms with Gasteiger partial charge in [0.1, 0.15) is 5.75 Å². The molecule has 0 fully saturated rings. The van der Waals surface area contributed by atoms with E-state index in [1.165, 1.54) is 11.8 Å². The first-order valence-electron chi connectivity index (χ1n) is 8.33. The SMILES string of the molecule is C=CCn1c(SCC(=O)c2ccc(Cl)cc2Cl)nnc1-c1cccc(OC)c1. The summed E-state index contributed by atoms with van der Waals surface area (Å²) in [4.78, 5) is 12.5. The minimum absolute atomic E-state index is 0.109. The Kier molecular flexibility index (Phi) is 6.78. The van der Waals surface area contributed by atoms with Crippen molar-refractivity contribution >= 4 is 40.7 Å². The summed E-state index contributed by atoms with van der Waals surface area (Å²) in [5, 5.41) is 9.99. The molecule has 0 aliphatic rings. The Balaban J connectivity index is 1.83. The maximum absolute atomic E-state index is 12.5. The first-order valence-corrected chi connectivity index (χ1v) is 10.1. The van der Waals surface area contributed by atoms with Crippen LogP contribution in [0.5, 0.6) is 5.75 Å². The van der Waals surface area contributed by atoms with E-state index in [-0.39, 0.29) is 11.5 Å². The minimum Gasteiger partial charge on any atom is -0.497 e. The fraction of sp³-hybridized carbons (Fsp3) is 0.150. The van der Waals surface area contributed by atoms with E-state index in [1.54, 1.807) is 31.4 Å². The number of methoxy groups -OCH3 is 1. The Labute approximate surface area is 177 Å². The maximum atomic E-state index is 12.5. The van der Waals surface area contributed by atoms with Gasteiger partial charge >= 0.3 is 0 Å². The van der Waals surface area contributed by atoms with Crippen LogP contribution < -0.4 is 4.74 Å². The predicted molar refractivity (Wildman–Crippen MR) is 114 cm³/mol. The number of carbonyl (C=O) groups is 1. The van der Waals surface area contributed by atoms with Gasteiger partial charge in [0.25, 0.3) is 0 Å². The Hall–Kier alpha value is -2.28. The zero-order chi connectivity index (χ0) is 20.1. The molecule has 0 spiro atoms. The Morgan fingerprint density at radius 2 is 2.07 bits per heavy atom. The summed E-state index contributed by atoms with van der Waals surface area (Å²) in [7, 11) is 1.61. The van der Waals surface area contributed by atoms with Crippen LogP contribution in [-0.4, -0.2) is 33.4 Å². The Morgan fingerprint density at radius 3 is 2.79 bits per heavy atom. The van der Waals surface area contributed by atoms with Gasteiger partial charge in [-0.2, -0.15) is 0 Å². The van der Waals surface area contributed by atoms with Gasteiger partial charge in [-0.05, 0) is 30.3 Å². The van der Waals surface area contributed by atoms with Gasteiger partial charge in [-0.3, -0.25) is 9.36 Å². The van der Waals surface area contributed by atoms with E-state index in [4.69, 9.17) is 27.9 Å². The fourth-order valence-corrected chi connectivity index (χ4v) is 3.93. The summed E-state index contributed by atoms with van der Waals surface area (Å²) in [6.45, 7) is 4.31. The van der Waals surface area contributed by atoms with Crippen molar-refractivity contribution in [1.29, 1.82) is 0 Å². The molecule has 28 heavy (non-hydrogen) atoms. The van der Waals surface area contributed by atoms with Crippen LogP contribution in [0.2, 0.25) is 10.0 Å². The van der Waals surface area contributed by atoms with Crippen molar-refractivity contribution < 1.29 is 9.53 Å². The molecule has 8 heteroatoms. The van der Waals surface area contributed by atoms with Crippen molar-refractivity contribution in [3.05, 3.63) is 70.7 Å². The molecule has 0 saturated heterocycles. The number of Topliss-reactive ketones (excluding diaryl/α,β-unsaturated/α-hetero) is 1. The molecule has 0 N–H and O–H groups in total. The standard InChI is InChI=1S/C20H17Cl2N3O2S/c1-3-9-25-19(13-5-4-6-15(10-13)27-2)23-24-20(25)28-12-18(26)16-8-7-14(21)11-17(16)22/h3-8,10-11H,1,9,12H2,2H3. The number of rotatable bonds is 8. The van der Waals surface area contributed by atoms with Gasteiger partial charge in [0.05, 0.1) is 17.9 Å². The van der Waals surface area contributed by atoms with Crippen LogP contribution in [0.25, 0.3) is 11.4 Å². The van der Waals surface area contributed by atoms with Crippen molar-refractivity contribution in [2.24, 2.45) is 0 Å². The Bertz CT molecular complexity index is 1020. The molecule has 3 aromatic rings. The smallest absolute Gasteiger partial charge is 0.192 e. The highest BCUT2D eigenvalue weighted by atomic mass is 35.5. The molecule has 5 nitrogen and oxygen atoms in total. The van der Waals surface area contributed by atoms with Crippen LogP contribution in [0, 0.1) is 0 Å². The van der Waals surface area contributed by atoms with Gasteiger partial charge in [0.15, 0.2) is 16.8 Å². The number of hydrogen-bond donors (Lipinski definition) is 0. The molecule has 1 heterocycles. The minimum atomic E-state index is -0.109. The number of benzene rings is 2. The molecule has 3 rings (SSSR count). The van der Waals surface area contributed by atoms with E-state index in [2.05, 4.69) is 16.8 Å². The molecule has 0 aliphatic heterocycles. The molecule has 1 aromatic heterocycles. The molecule has 0 amide bonds. The number of ether oxygens (including phenoxy) is 1. The third kappa shape index (κ3) is 4.58. The maximum Gasteiger partial charge on any atom is 0.192 e. The summed E-state index contributed by atoms with van der Waals surface area (Å²) in [5.41, 5.74) is 1.30. The largest absolute Gasteiger partial charge is 0.497 e. The highest BCUT2D eigenvalue weighted by Gasteiger charge is 2.17. The molecular weight excluding hydrogens is 417 g/mol. The molecular formula is C20H17Cl2N3O2S. The summed E-state index contributed by atoms with van der Waals surface area (Å²) < 4.78 is 7.19. The third-order valence-electron chi connectivity index (χ3n) is 3.92. The zero-order valence-electron chi connectivity index (χ0n) is 15.1. The number of ketones is 1. The summed E-state index contributed by atoms with van der Waals surface area (Å²) in [5.74, 6) is 1.47. The molecule has 0 unspecified atom stereocenters. The number of hydrogen-bond acceptors (Lipinski definition) is 5. The molecule has 0 saturated carbocycles. The third-order valence-corrected chi connectivity index (χ3v) is 5.43. The monoisotopic (exact) mass is 433 g/mol. The first kappa shape index (κ1) is 20.5. The summed E-state index contributed by atoms with van der Waals surface area (Å²) in [6, 6.07) is 12.4. The van der Waals surface area contributed by atoms with E-state index in [0.717, 1.165) is 11.3 Å². The van der Waals surface area contributed by atoms with E-state index in [1.807, 2.05) is 28.8 Å². The predicted octanol–water partition coefficient (Wildman–Crippen LogP) is 5.42. The second kappa shape index (κ2) is 9.28. The number of aromatic nitrogens is 3. The second-order valence-corrected chi connectivity index (χ2v) is 7.56. The highest BCUT2D eigenvalue weighted by Crippen LogP contribution is 2.28. The number of allylic oxidation sites excluding steroid dienone is 1. The lowest BCUT2D eigenvalue weighted by atomic mass is 10.1. The molecule has 0 radical (unpaired) electrons. The van der Waals surface area contributed by atoms with Crippen molar-refractivity contribution in [2.45, 2.75) is 11.7 Å². The Morgan fingerprint density at radius 1 is 1.25 bits per heavy atom. The quantitative estimate of drug-likeness (QED) is 0.269. The molecule has 0 aliphatic carbocycles. The van der Waals surface area contributed by atoms with Crippen molar-refractivity contribution in [3.63, 3.8) is 0 Å². The van der Waals surface area contributed by atoms with Crippen molar-refractivity contribution in [2.75, 3.05) is 12.9 Å². The average Bonchev–Trinajstić information content (AvgIpc) is 3.09. The van der Waals surface area contributed by atoms with Gasteiger partial charge in [-0.15, -0.1) is 16.8 Å². The lowest BCUT2D eigenvalue weighted by Gasteiger charge is -2.09. The number of halogens is 2. The second-order valence-electron chi connectivity index (χ2n) is 5.77. The van der Waals surface area contributed by atoms with E-state index < -0.39 is 0 Å². The van der Waals surface area contributed by atoms with E-state index in [0.29, 0.717) is 33.1 Å². The van der Waals surface area contributed by atoms with Gasteiger partial charge in [0, 0.05) is 22.7 Å². The van der Waals surface area contributed by atoms with E-state index in [9.17, 15) is 4.79 Å². The van der Waals surface area contributed by atoms with Gasteiger partial charge < -0.3 is 4.74 Å². The number of thioether (sulfide) groups is 1. The normalized spacial score (nSPS) is 10.7. The lowest BCUT2D eigenvalue weighted by Crippen LogP contribution is -2.06. The molecule has 0 atom stereocenters. The van der Waals surface area contributed by atoms with Crippen LogP contribution in [0.1, 0.15) is 10.4 Å². The highest BCUT2D eigenvalue weighted by molar-refractivity contribution is 7.99. The number of carbonyl (C=O) groups excluding carboxylic acids is 1. The van der Waals surface area contributed by atoms with Crippen LogP contribution in [0.15, 0.2) is 60.3 Å². The van der Waals surface area contributed by atoms with Gasteiger partial charge in [0.2, 0.25) is 0 Å². The van der Waals surface area contributed by atoms with Crippen LogP contribution in [0.3, 0.4) is 0 Å². The van der Waals surface area contributed by atoms with E-state index >= 15 is 0 Å². The molecule has 2 aromatic carbocycles. The number of nitrogens with zero attached hydrogens (tertiary/aromatic N) is 3. The van der Waals surface area contributed by atoms with Crippen molar-refractivity contribution in [3.8, 4) is 17.1 Å². The molecule has 0 bridgehead atoms. The zero-order valence-corrected chi connectivity index (χ0v) is 17.4. The van der Waals surface area contributed by atoms with Gasteiger partial charge in [-0.1, -0.05) is 53.2 Å². The average molecular weight is 434 g/mol. The van der Waals surface area contributed by atoms with Gasteiger partial charge in [-0.25, -0.2) is 0 Å². The van der Waals surface area contributed by atoms with Crippen LogP contribution in [-0.2, 0) is 6.54 Å². The topological polar surface area (TPSA) is 57.0 Å². The molecule has 144 valence electrons.